The number of alkyl halides is 12. The SMILES string of the molecule is CC(=O)[C@H]1[C@H](C(=O)c2ccc(C(F)(F)F)cc2)[C@]2(c3ccc4ccccc4n3)NC(=O)[C@@]1(C)S2.CC(=O)[C@H]1[C@H](C(=O)c2ccc(C(F)(F)F)cc2)[C@]2(c3ccc4ccccc4n3)NC(=O)[C@@]1(C)S2.CC(=O)[C@H]1[C@H](C(=O)c2ccc(C(F)(F)F)cc2)[C@]2(c3ccc4ccccc4n3)NC(=O)[C@@]1(C)S2.CC(=O)[C@H]1[C@H](C(=O)c2ccc(C(F)(F)F)cc2)[C@]2(c3ccc4ccccc4n3)NC(=O)[C@@]1(C)S2. The predicted molar refractivity (Wildman–Crippen MR) is 484 cm³/mol. The van der Waals surface area contributed by atoms with Crippen molar-refractivity contribution in [2.75, 3.05) is 0 Å². The minimum atomic E-state index is -4.54. The molecule has 8 aliphatic rings. The number of piperidine rings is 4. The molecule has 0 unspecified atom stereocenters. The third-order valence-corrected chi connectivity index (χ3v) is 33.7. The van der Waals surface area contributed by atoms with E-state index in [1.807, 2.05) is 97.1 Å². The number of thioether (sulfide) groups is 4. The lowest BCUT2D eigenvalue weighted by Crippen LogP contribution is -2.59. The van der Waals surface area contributed by atoms with Crippen LogP contribution in [-0.4, -0.2) is 109 Å². The van der Waals surface area contributed by atoms with Gasteiger partial charge in [-0.1, -0.05) is 146 Å². The van der Waals surface area contributed by atoms with Crippen molar-refractivity contribution in [2.24, 2.45) is 47.3 Å². The Morgan fingerprint density at radius 2 is 0.419 bits per heavy atom. The van der Waals surface area contributed by atoms with E-state index in [0.717, 1.165) is 119 Å². The second kappa shape index (κ2) is 33.6. The Bertz CT molecular complexity index is 6270. The van der Waals surface area contributed by atoms with Gasteiger partial charge in [0.25, 0.3) is 0 Å². The molecule has 4 aromatic heterocycles. The molecule has 8 bridgehead atoms. The third kappa shape index (κ3) is 15.6. The predicted octanol–water partition coefficient (Wildman–Crippen LogP) is 19.0. The Kier molecular flexibility index (Phi) is 23.4. The van der Waals surface area contributed by atoms with Crippen molar-refractivity contribution in [3.8, 4) is 0 Å². The second-order valence-corrected chi connectivity index (χ2v) is 42.0. The Labute approximate surface area is 783 Å². The van der Waals surface area contributed by atoms with Crippen molar-refractivity contribution in [2.45, 2.75) is 119 Å². The van der Waals surface area contributed by atoms with Crippen LogP contribution in [0.5, 0.6) is 0 Å². The highest BCUT2D eigenvalue weighted by Gasteiger charge is 2.78. The van der Waals surface area contributed by atoms with Crippen LogP contribution in [0.15, 0.2) is 243 Å². The second-order valence-electron chi connectivity index (χ2n) is 35.2. The van der Waals surface area contributed by atoms with Crippen LogP contribution in [0.3, 0.4) is 0 Å². The van der Waals surface area contributed by atoms with E-state index in [9.17, 15) is 110 Å². The molecule has 16 atom stereocenters. The zero-order valence-corrected chi connectivity index (χ0v) is 75.8. The summed E-state index contributed by atoms with van der Waals surface area (Å²) >= 11 is 4.72. The number of nitrogens with zero attached hydrogens (tertiary/aromatic N) is 4. The molecule has 20 nitrogen and oxygen atoms in total. The summed E-state index contributed by atoms with van der Waals surface area (Å²) in [6, 6.07) is 59.4. The van der Waals surface area contributed by atoms with E-state index in [2.05, 4.69) is 21.3 Å². The van der Waals surface area contributed by atoms with Crippen LogP contribution in [0.1, 0.15) is 142 Å². The maximum atomic E-state index is 13.8. The molecule has 0 saturated carbocycles. The zero-order valence-electron chi connectivity index (χ0n) is 72.6. The lowest BCUT2D eigenvalue weighted by Gasteiger charge is -2.38. The topological polar surface area (TPSA) is 305 Å². The first-order valence-electron chi connectivity index (χ1n) is 42.3. The number of carbonyl (C=O) groups is 12. The number of amides is 4. The smallest absolute Gasteiger partial charge is 0.334 e. The first-order valence-corrected chi connectivity index (χ1v) is 45.6. The molecule has 4 N–H and O–H groups in total. The number of carbonyl (C=O) groups excluding carboxylic acids is 12. The number of nitrogens with one attached hydrogen (secondary N) is 4. The highest BCUT2D eigenvalue weighted by atomic mass is 32.2. The molecule has 0 spiro atoms. The van der Waals surface area contributed by atoms with E-state index in [0.29, 0.717) is 44.8 Å². The van der Waals surface area contributed by atoms with Crippen LogP contribution in [0.2, 0.25) is 0 Å². The van der Waals surface area contributed by atoms with Gasteiger partial charge < -0.3 is 21.3 Å². The van der Waals surface area contributed by atoms with Gasteiger partial charge in [0, 0.05) is 43.8 Å². The maximum absolute atomic E-state index is 13.8. The summed E-state index contributed by atoms with van der Waals surface area (Å²) in [7, 11) is 0. The number of ketones is 8. The maximum Gasteiger partial charge on any atom is 0.416 e. The number of rotatable bonds is 16. The van der Waals surface area contributed by atoms with Gasteiger partial charge in [-0.2, -0.15) is 52.7 Å². The van der Waals surface area contributed by atoms with Crippen molar-refractivity contribution in [1.29, 1.82) is 0 Å². The Hall–Kier alpha value is -12.8. The molecule has 8 saturated heterocycles. The Morgan fingerprint density at radius 3 is 0.581 bits per heavy atom. The van der Waals surface area contributed by atoms with E-state index < -0.39 is 156 Å². The number of benzene rings is 8. The summed E-state index contributed by atoms with van der Waals surface area (Å²) in [4.78, 5) is 172. The molecule has 12 heterocycles. The van der Waals surface area contributed by atoms with Crippen molar-refractivity contribution in [3.63, 3.8) is 0 Å². The van der Waals surface area contributed by atoms with Gasteiger partial charge in [-0.25, -0.2) is 19.9 Å². The van der Waals surface area contributed by atoms with Gasteiger partial charge in [-0.3, -0.25) is 57.5 Å². The quantitative estimate of drug-likeness (QED) is 0.0516. The highest BCUT2D eigenvalue weighted by molar-refractivity contribution is 8.04. The van der Waals surface area contributed by atoms with Crippen LogP contribution >= 0.6 is 47.0 Å². The first-order chi connectivity index (χ1) is 63.9. The fourth-order valence-electron chi connectivity index (χ4n) is 20.4. The van der Waals surface area contributed by atoms with Gasteiger partial charge in [0.2, 0.25) is 23.6 Å². The molecule has 8 fully saturated rings. The van der Waals surface area contributed by atoms with Crippen LogP contribution < -0.4 is 21.3 Å². The molecule has 8 aromatic carbocycles. The summed E-state index contributed by atoms with van der Waals surface area (Å²) in [5, 5.41) is 15.1. The Morgan fingerprint density at radius 1 is 0.250 bits per heavy atom. The number of hydrogen-bond acceptors (Lipinski definition) is 20. The summed E-state index contributed by atoms with van der Waals surface area (Å²) < 4.78 is 151. The summed E-state index contributed by atoms with van der Waals surface area (Å²) in [5.41, 5.74) is 0.956. The van der Waals surface area contributed by atoms with E-state index in [1.165, 1.54) is 74.7 Å². The summed E-state index contributed by atoms with van der Waals surface area (Å²) in [6.07, 6.45) is -18.2. The lowest BCUT2D eigenvalue weighted by molar-refractivity contribution is -0.138. The fraction of sp³-hybridized carbons (Fsp3) is 0.280. The number of Topliss-reactive ketones (excluding diaryl/α,β-unsaturated/α-hetero) is 8. The van der Waals surface area contributed by atoms with E-state index in [1.54, 1.807) is 76.2 Å². The van der Waals surface area contributed by atoms with E-state index in [4.69, 9.17) is 19.9 Å². The van der Waals surface area contributed by atoms with Crippen molar-refractivity contribution < 1.29 is 110 Å². The number of halogens is 12. The average Bonchev–Trinajstić information content (AvgIpc) is 1.53. The van der Waals surface area contributed by atoms with E-state index >= 15 is 0 Å². The standard InChI is InChI=1S/4C25H19F3N2O3S/c4*1-13(31)19-20(21(32)15-7-10-16(11-8-15)25(26,27)28)24(30-22(33)23(19,2)34-24)18-12-9-14-5-3-4-6-17(14)29-18/h4*3-12,19-20H,1-2H3,(H,30,33)/t4*19-,20+,23-,24+/m0000/s1. The molecular formula is C100H76F12N8O12S4. The number of aromatic nitrogens is 4. The molecule has 20 rings (SSSR count). The first kappa shape index (κ1) is 94.9. The van der Waals surface area contributed by atoms with Crippen molar-refractivity contribution in [1.82, 2.24) is 41.2 Å². The zero-order chi connectivity index (χ0) is 97.9. The number of pyridine rings is 4. The van der Waals surface area contributed by atoms with Crippen LogP contribution in [-0.2, 0) is 82.5 Å². The van der Waals surface area contributed by atoms with Crippen LogP contribution in [0, 0.1) is 47.3 Å². The molecule has 0 radical (unpaired) electrons. The largest absolute Gasteiger partial charge is 0.416 e. The monoisotopic (exact) mass is 1940 g/mol. The third-order valence-electron chi connectivity index (χ3n) is 26.7. The van der Waals surface area contributed by atoms with E-state index in [-0.39, 0.29) is 69.0 Å². The molecule has 8 aliphatic heterocycles. The lowest BCUT2D eigenvalue weighted by atomic mass is 9.69. The molecular weight excluding hydrogens is 1860 g/mol. The molecule has 136 heavy (non-hydrogen) atoms. The van der Waals surface area contributed by atoms with Crippen LogP contribution in [0.4, 0.5) is 52.7 Å². The van der Waals surface area contributed by atoms with Gasteiger partial charge in [0.15, 0.2) is 23.1 Å². The fourth-order valence-corrected chi connectivity index (χ4v) is 28.3. The summed E-state index contributed by atoms with van der Waals surface area (Å²) in [6.45, 7) is 11.8. The molecule has 4 amide bonds. The molecule has 12 aromatic rings. The summed E-state index contributed by atoms with van der Waals surface area (Å²) in [5.74, 6) is -12.9. The molecule has 0 aliphatic carbocycles. The van der Waals surface area contributed by atoms with Crippen molar-refractivity contribution in [3.05, 3.63) is 310 Å². The highest BCUT2D eigenvalue weighted by Crippen LogP contribution is 2.70. The Balaban J connectivity index is 0.000000126. The van der Waals surface area contributed by atoms with Gasteiger partial charge in [-0.05, 0) is 152 Å². The average molecular weight is 1940 g/mol. The van der Waals surface area contributed by atoms with Gasteiger partial charge >= 0.3 is 24.7 Å². The van der Waals surface area contributed by atoms with Crippen LogP contribution in [0.25, 0.3) is 43.6 Å². The minimum Gasteiger partial charge on any atom is -0.334 e. The van der Waals surface area contributed by atoms with Crippen molar-refractivity contribution >= 4 is 161 Å². The molecule has 36 heteroatoms. The van der Waals surface area contributed by atoms with Gasteiger partial charge in [-0.15, -0.1) is 47.0 Å². The minimum absolute atomic E-state index is 0.0374. The molecule has 696 valence electrons. The number of para-hydroxylation sites is 4. The number of fused-ring (bicyclic) bond motifs is 12. The normalized spacial score (nSPS) is 28.2. The van der Waals surface area contributed by atoms with Gasteiger partial charge in [0.05, 0.1) is 114 Å². The number of hydrogen-bond donors (Lipinski definition) is 4. The van der Waals surface area contributed by atoms with Gasteiger partial charge in [0.1, 0.15) is 61.6 Å².